The van der Waals surface area contributed by atoms with Crippen LogP contribution in [0.1, 0.15) is 22.8 Å². The minimum Gasteiger partial charge on any atom is -0.504 e. The van der Waals surface area contributed by atoms with Crippen LogP contribution in [-0.4, -0.2) is 25.0 Å². The van der Waals surface area contributed by atoms with Crippen LogP contribution >= 0.6 is 0 Å². The Kier molecular flexibility index (Phi) is 3.86. The molecule has 6 rings (SSSR count). The van der Waals surface area contributed by atoms with Gasteiger partial charge in [-0.25, -0.2) is 9.97 Å². The number of H-pyrrole nitrogens is 2. The third kappa shape index (κ3) is 3.13. The third-order valence-electron chi connectivity index (χ3n) is 5.43. The summed E-state index contributed by atoms with van der Waals surface area (Å²) in [7, 11) is 0. The summed E-state index contributed by atoms with van der Waals surface area (Å²) in [5, 5.41) is 10.9. The number of hydrogen-bond donors (Lipinski definition) is 3. The van der Waals surface area contributed by atoms with E-state index in [0.717, 1.165) is 44.8 Å². The van der Waals surface area contributed by atoms with E-state index in [1.807, 2.05) is 72.8 Å². The number of hydrogen-bond acceptors (Lipinski definition) is 3. The second kappa shape index (κ2) is 6.85. The second-order valence-corrected chi connectivity index (χ2v) is 7.54. The SMILES string of the molecule is Oc1c2nc(c(-c3ccccc3)c3ccc(cc4nc(cc5ccc1[nH]5)C=C4)[nH]3)C=C2. The van der Waals surface area contributed by atoms with Crippen molar-refractivity contribution in [1.29, 1.82) is 0 Å². The molecule has 0 atom stereocenters. The molecule has 3 N–H and O–H groups in total. The van der Waals surface area contributed by atoms with Crippen LogP contribution in [0, 0.1) is 0 Å². The van der Waals surface area contributed by atoms with Gasteiger partial charge in [-0.15, -0.1) is 0 Å². The first kappa shape index (κ1) is 17.5. The van der Waals surface area contributed by atoms with Crippen LogP contribution in [-0.2, 0) is 0 Å². The van der Waals surface area contributed by atoms with Crippen LogP contribution in [0.25, 0.3) is 57.5 Å². The smallest absolute Gasteiger partial charge is 0.165 e. The van der Waals surface area contributed by atoms with Gasteiger partial charge in [0.2, 0.25) is 0 Å². The summed E-state index contributed by atoms with van der Waals surface area (Å²) in [4.78, 5) is 16.2. The lowest BCUT2D eigenvalue weighted by Gasteiger charge is -2.03. The molecule has 0 saturated heterocycles. The molecule has 0 radical (unpaired) electrons. The van der Waals surface area contributed by atoms with Crippen molar-refractivity contribution in [3.05, 3.63) is 89.5 Å². The van der Waals surface area contributed by atoms with Gasteiger partial charge >= 0.3 is 0 Å². The lowest BCUT2D eigenvalue weighted by molar-refractivity contribution is 0.477. The van der Waals surface area contributed by atoms with E-state index in [4.69, 9.17) is 4.98 Å². The van der Waals surface area contributed by atoms with Gasteiger partial charge < -0.3 is 15.1 Å². The Balaban J connectivity index is 1.76. The first-order chi connectivity index (χ1) is 15.2. The number of rotatable bonds is 1. The summed E-state index contributed by atoms with van der Waals surface area (Å²) in [6.07, 6.45) is 7.75. The second-order valence-electron chi connectivity index (χ2n) is 7.54. The largest absolute Gasteiger partial charge is 0.504 e. The molecule has 5 heterocycles. The minimum atomic E-state index is 0.113. The molecular weight excluding hydrogens is 384 g/mol. The van der Waals surface area contributed by atoms with Gasteiger partial charge in [-0.3, -0.25) is 0 Å². The zero-order valence-corrected chi connectivity index (χ0v) is 16.5. The Labute approximate surface area is 178 Å². The molecule has 8 bridgehead atoms. The molecule has 3 aromatic heterocycles. The highest BCUT2D eigenvalue weighted by atomic mass is 16.3. The molecule has 0 fully saturated rings. The zero-order valence-electron chi connectivity index (χ0n) is 16.5. The molecule has 0 spiro atoms. The van der Waals surface area contributed by atoms with Crippen molar-refractivity contribution in [2.24, 2.45) is 0 Å². The average molecular weight is 402 g/mol. The predicted octanol–water partition coefficient (Wildman–Crippen LogP) is 6.03. The molecule has 2 aliphatic rings. The number of aromatic nitrogens is 4. The third-order valence-corrected chi connectivity index (χ3v) is 5.43. The van der Waals surface area contributed by atoms with Gasteiger partial charge in [0, 0.05) is 22.1 Å². The van der Waals surface area contributed by atoms with Crippen molar-refractivity contribution in [2.45, 2.75) is 0 Å². The quantitative estimate of drug-likeness (QED) is 0.314. The summed E-state index contributed by atoms with van der Waals surface area (Å²) < 4.78 is 0. The highest BCUT2D eigenvalue weighted by Crippen LogP contribution is 2.32. The van der Waals surface area contributed by atoms with E-state index in [1.54, 1.807) is 0 Å². The van der Waals surface area contributed by atoms with Crippen molar-refractivity contribution >= 4 is 46.4 Å². The summed E-state index contributed by atoms with van der Waals surface area (Å²) in [5.41, 5.74) is 8.46. The molecule has 2 aliphatic heterocycles. The fourth-order valence-corrected chi connectivity index (χ4v) is 3.97. The standard InChI is InChI=1S/C26H18N4O/c31-26-23-11-9-20(29-23)15-18-7-6-17(27-18)14-19-8-10-21(28-19)25(16-4-2-1-3-5-16)22-12-13-24(26)30-22/h1-15,28-29,31H. The molecule has 1 aromatic carbocycles. The highest BCUT2D eigenvalue weighted by molar-refractivity contribution is 5.91. The van der Waals surface area contributed by atoms with Crippen molar-refractivity contribution in [3.63, 3.8) is 0 Å². The normalized spacial score (nSPS) is 12.4. The predicted molar refractivity (Wildman–Crippen MR) is 126 cm³/mol. The Hall–Kier alpha value is -4.38. The first-order valence-electron chi connectivity index (χ1n) is 10.1. The maximum Gasteiger partial charge on any atom is 0.165 e. The molecule has 5 nitrogen and oxygen atoms in total. The van der Waals surface area contributed by atoms with E-state index in [2.05, 4.69) is 33.2 Å². The lowest BCUT2D eigenvalue weighted by atomic mass is 10.0. The van der Waals surface area contributed by atoms with Crippen LogP contribution in [0.5, 0.6) is 5.75 Å². The monoisotopic (exact) mass is 402 g/mol. The van der Waals surface area contributed by atoms with E-state index in [0.29, 0.717) is 11.2 Å². The van der Waals surface area contributed by atoms with Gasteiger partial charge in [0.05, 0.1) is 22.6 Å². The molecule has 148 valence electrons. The van der Waals surface area contributed by atoms with Crippen molar-refractivity contribution in [2.75, 3.05) is 0 Å². The van der Waals surface area contributed by atoms with Crippen LogP contribution in [0.4, 0.5) is 0 Å². The zero-order chi connectivity index (χ0) is 20.8. The summed E-state index contributed by atoms with van der Waals surface area (Å²) in [6.45, 7) is 0. The fourth-order valence-electron chi connectivity index (χ4n) is 3.97. The molecular formula is C26H18N4O. The fraction of sp³-hybridized carbons (Fsp3) is 0. The number of benzene rings is 1. The van der Waals surface area contributed by atoms with Crippen LogP contribution < -0.4 is 0 Å². The number of nitrogens with one attached hydrogen (secondary N) is 2. The van der Waals surface area contributed by atoms with Gasteiger partial charge in [0.1, 0.15) is 5.69 Å². The van der Waals surface area contributed by atoms with E-state index < -0.39 is 0 Å². The Morgan fingerprint density at radius 3 is 2.00 bits per heavy atom. The summed E-state index contributed by atoms with van der Waals surface area (Å²) in [6, 6.07) is 22.0. The number of aromatic hydroxyl groups is 1. The molecule has 4 aromatic rings. The number of nitrogens with zero attached hydrogens (tertiary/aromatic N) is 2. The maximum atomic E-state index is 10.9. The van der Waals surface area contributed by atoms with E-state index in [1.165, 1.54) is 0 Å². The average Bonchev–Trinajstić information content (AvgIpc) is 3.58. The molecule has 5 heteroatoms. The van der Waals surface area contributed by atoms with Crippen molar-refractivity contribution < 1.29 is 5.11 Å². The van der Waals surface area contributed by atoms with Crippen LogP contribution in [0.2, 0.25) is 0 Å². The first-order valence-corrected chi connectivity index (χ1v) is 10.1. The summed E-state index contributed by atoms with van der Waals surface area (Å²) >= 11 is 0. The van der Waals surface area contributed by atoms with Gasteiger partial charge in [-0.2, -0.15) is 0 Å². The topological polar surface area (TPSA) is 77.6 Å². The highest BCUT2D eigenvalue weighted by Gasteiger charge is 2.13. The Morgan fingerprint density at radius 1 is 0.613 bits per heavy atom. The lowest BCUT2D eigenvalue weighted by Crippen LogP contribution is -1.85. The van der Waals surface area contributed by atoms with Gasteiger partial charge in [-0.1, -0.05) is 30.3 Å². The Bertz CT molecular complexity index is 1540. The maximum absolute atomic E-state index is 10.9. The Morgan fingerprint density at radius 2 is 1.26 bits per heavy atom. The van der Waals surface area contributed by atoms with Crippen molar-refractivity contribution in [3.8, 4) is 16.9 Å². The van der Waals surface area contributed by atoms with E-state index in [-0.39, 0.29) is 5.75 Å². The van der Waals surface area contributed by atoms with Gasteiger partial charge in [0.25, 0.3) is 0 Å². The van der Waals surface area contributed by atoms with E-state index in [9.17, 15) is 5.11 Å². The van der Waals surface area contributed by atoms with Gasteiger partial charge in [0.15, 0.2) is 5.75 Å². The number of aromatic amines is 2. The van der Waals surface area contributed by atoms with Crippen LogP contribution in [0.15, 0.2) is 66.7 Å². The summed E-state index contributed by atoms with van der Waals surface area (Å²) in [5.74, 6) is 0.113. The number of fused-ring (bicyclic) bond motifs is 8. The molecule has 0 unspecified atom stereocenters. The molecule has 31 heavy (non-hydrogen) atoms. The minimum absolute atomic E-state index is 0.113. The van der Waals surface area contributed by atoms with Crippen molar-refractivity contribution in [1.82, 2.24) is 19.9 Å². The molecule has 0 amide bonds. The van der Waals surface area contributed by atoms with Crippen LogP contribution in [0.3, 0.4) is 0 Å². The molecule has 0 saturated carbocycles. The molecule has 0 aliphatic carbocycles. The van der Waals surface area contributed by atoms with Gasteiger partial charge in [-0.05, 0) is 66.3 Å². The van der Waals surface area contributed by atoms with E-state index >= 15 is 0 Å².